The van der Waals surface area contributed by atoms with Crippen molar-refractivity contribution in [3.63, 3.8) is 0 Å². The molecule has 2 aromatic rings. The van der Waals surface area contributed by atoms with Crippen LogP contribution in [-0.2, 0) is 11.2 Å². The molecule has 2 N–H and O–H groups in total. The van der Waals surface area contributed by atoms with Crippen molar-refractivity contribution in [2.24, 2.45) is 5.10 Å². The number of carboxylic acid groups (broad SMARTS) is 1. The van der Waals surface area contributed by atoms with E-state index in [1.165, 1.54) is 11.8 Å². The predicted molar refractivity (Wildman–Crippen MR) is 93.6 cm³/mol. The molecule has 1 aromatic carbocycles. The number of carboxylic acids is 1. The first-order chi connectivity index (χ1) is 11.5. The Morgan fingerprint density at radius 1 is 1.58 bits per heavy atom. The first kappa shape index (κ1) is 18.1. The average Bonchev–Trinajstić information content (AvgIpc) is 2.91. The lowest BCUT2D eigenvalue weighted by Gasteiger charge is -2.12. The van der Waals surface area contributed by atoms with Crippen molar-refractivity contribution in [2.75, 3.05) is 13.7 Å². The second-order valence-electron chi connectivity index (χ2n) is 4.57. The minimum absolute atomic E-state index is 0.311. The van der Waals surface area contributed by atoms with Gasteiger partial charge in [-0.1, -0.05) is 6.92 Å². The molecule has 0 aliphatic rings. The third-order valence-electron chi connectivity index (χ3n) is 2.95. The molecular formula is C14H15BrN4O4S. The summed E-state index contributed by atoms with van der Waals surface area (Å²) >= 11 is 8.47. The Balaban J connectivity index is 2.33. The highest BCUT2D eigenvalue weighted by Crippen LogP contribution is 2.36. The van der Waals surface area contributed by atoms with Gasteiger partial charge in [0.05, 0.1) is 17.8 Å². The van der Waals surface area contributed by atoms with Crippen molar-refractivity contribution in [2.45, 2.75) is 13.3 Å². The van der Waals surface area contributed by atoms with Crippen LogP contribution in [0.5, 0.6) is 11.5 Å². The van der Waals surface area contributed by atoms with E-state index in [1.807, 2.05) is 6.92 Å². The fourth-order valence-electron chi connectivity index (χ4n) is 1.88. The summed E-state index contributed by atoms with van der Waals surface area (Å²) in [5.74, 6) is 0.338. The first-order valence-corrected chi connectivity index (χ1v) is 8.09. The second kappa shape index (κ2) is 8.06. The van der Waals surface area contributed by atoms with E-state index >= 15 is 0 Å². The van der Waals surface area contributed by atoms with Gasteiger partial charge in [-0.3, -0.25) is 5.10 Å². The van der Waals surface area contributed by atoms with Gasteiger partial charge in [-0.2, -0.15) is 14.9 Å². The topological polar surface area (TPSA) is 102 Å². The van der Waals surface area contributed by atoms with Crippen molar-refractivity contribution >= 4 is 40.3 Å². The van der Waals surface area contributed by atoms with Gasteiger partial charge in [0.25, 0.3) is 0 Å². The second-order valence-corrected chi connectivity index (χ2v) is 5.81. The monoisotopic (exact) mass is 414 g/mol. The summed E-state index contributed by atoms with van der Waals surface area (Å²) in [5, 5.41) is 19.8. The molecule has 10 heteroatoms. The van der Waals surface area contributed by atoms with E-state index in [1.54, 1.807) is 18.3 Å². The largest absolute Gasteiger partial charge is 0.493 e. The number of aromatic amines is 1. The van der Waals surface area contributed by atoms with Gasteiger partial charge >= 0.3 is 5.97 Å². The lowest BCUT2D eigenvalue weighted by molar-refractivity contribution is -0.139. The van der Waals surface area contributed by atoms with Crippen LogP contribution in [-0.4, -0.2) is 45.9 Å². The van der Waals surface area contributed by atoms with Crippen molar-refractivity contribution in [1.82, 2.24) is 14.9 Å². The Kier molecular flexibility index (Phi) is 6.10. The molecule has 2 rings (SSSR count). The summed E-state index contributed by atoms with van der Waals surface area (Å²) in [6.45, 7) is 1.48. The van der Waals surface area contributed by atoms with Gasteiger partial charge in [0.15, 0.2) is 23.9 Å². The Bertz CT molecular complexity index is 831. The number of aryl methyl sites for hydroxylation is 1. The van der Waals surface area contributed by atoms with Gasteiger partial charge in [-0.25, -0.2) is 4.79 Å². The van der Waals surface area contributed by atoms with E-state index < -0.39 is 12.6 Å². The normalized spacial score (nSPS) is 11.0. The molecule has 24 heavy (non-hydrogen) atoms. The van der Waals surface area contributed by atoms with Crippen LogP contribution in [0.15, 0.2) is 21.7 Å². The standard InChI is InChI=1S/C14H15BrN4O4S/c1-3-11-17-18-14(24)19(11)16-6-8-4-9(15)13(10(5-8)22-2)23-7-12(20)21/h4-6H,3,7H2,1-2H3,(H,18,24)(H,20,21)/b16-6-. The Hall–Kier alpha value is -2.20. The molecule has 0 saturated heterocycles. The zero-order valence-electron chi connectivity index (χ0n) is 12.9. The highest BCUT2D eigenvalue weighted by atomic mass is 79.9. The predicted octanol–water partition coefficient (Wildman–Crippen LogP) is 2.62. The van der Waals surface area contributed by atoms with Gasteiger partial charge in [0.2, 0.25) is 4.77 Å². The SMILES string of the molecule is CCc1n[nH]c(=S)n1/N=C\c1cc(Br)c(OCC(=O)O)c(OC)c1. The number of methoxy groups -OCH3 is 1. The Labute approximate surface area is 151 Å². The number of rotatable bonds is 7. The van der Waals surface area contributed by atoms with Crippen LogP contribution >= 0.6 is 28.1 Å². The number of nitrogens with one attached hydrogen (secondary N) is 1. The number of aromatic nitrogens is 3. The van der Waals surface area contributed by atoms with Crippen LogP contribution in [0.25, 0.3) is 0 Å². The number of benzene rings is 1. The first-order valence-electron chi connectivity index (χ1n) is 6.89. The fourth-order valence-corrected chi connectivity index (χ4v) is 2.66. The summed E-state index contributed by atoms with van der Waals surface area (Å²) in [5.41, 5.74) is 0.714. The van der Waals surface area contributed by atoms with Crippen LogP contribution in [0.2, 0.25) is 0 Å². The number of hydrogen-bond acceptors (Lipinski definition) is 6. The fraction of sp³-hybridized carbons (Fsp3) is 0.286. The lowest BCUT2D eigenvalue weighted by atomic mass is 10.2. The smallest absolute Gasteiger partial charge is 0.341 e. The van der Waals surface area contributed by atoms with Crippen molar-refractivity contribution in [3.8, 4) is 11.5 Å². The summed E-state index contributed by atoms with van der Waals surface area (Å²) in [7, 11) is 1.47. The zero-order chi connectivity index (χ0) is 17.7. The minimum atomic E-state index is -1.07. The average molecular weight is 415 g/mol. The molecule has 0 aliphatic carbocycles. The molecule has 1 aromatic heterocycles. The van der Waals surface area contributed by atoms with Gasteiger partial charge in [0.1, 0.15) is 0 Å². The van der Waals surface area contributed by atoms with Crippen LogP contribution in [0.3, 0.4) is 0 Å². The maximum atomic E-state index is 10.7. The number of H-pyrrole nitrogens is 1. The van der Waals surface area contributed by atoms with E-state index in [9.17, 15) is 4.79 Å². The molecule has 128 valence electrons. The summed E-state index contributed by atoms with van der Waals surface area (Å²) in [6, 6.07) is 3.42. The van der Waals surface area contributed by atoms with Crippen LogP contribution in [0.4, 0.5) is 0 Å². The third kappa shape index (κ3) is 4.20. The highest BCUT2D eigenvalue weighted by Gasteiger charge is 2.13. The Morgan fingerprint density at radius 2 is 2.33 bits per heavy atom. The maximum absolute atomic E-state index is 10.7. The zero-order valence-corrected chi connectivity index (χ0v) is 15.3. The van der Waals surface area contributed by atoms with E-state index in [2.05, 4.69) is 31.2 Å². The van der Waals surface area contributed by atoms with Crippen molar-refractivity contribution in [3.05, 3.63) is 32.8 Å². The van der Waals surface area contributed by atoms with Gasteiger partial charge < -0.3 is 14.6 Å². The molecule has 0 bridgehead atoms. The van der Waals surface area contributed by atoms with Gasteiger partial charge in [0, 0.05) is 6.42 Å². The van der Waals surface area contributed by atoms with Gasteiger partial charge in [-0.15, -0.1) is 0 Å². The molecule has 0 amide bonds. The third-order valence-corrected chi connectivity index (χ3v) is 3.80. The number of carbonyl (C=O) groups is 1. The maximum Gasteiger partial charge on any atom is 0.341 e. The number of hydrogen-bond donors (Lipinski definition) is 2. The highest BCUT2D eigenvalue weighted by molar-refractivity contribution is 9.10. The minimum Gasteiger partial charge on any atom is -0.493 e. The molecule has 0 spiro atoms. The number of aliphatic carboxylic acids is 1. The molecule has 8 nitrogen and oxygen atoms in total. The van der Waals surface area contributed by atoms with E-state index in [0.717, 1.165) is 0 Å². The van der Waals surface area contributed by atoms with E-state index in [-0.39, 0.29) is 0 Å². The quantitative estimate of drug-likeness (QED) is 0.533. The molecule has 0 atom stereocenters. The number of nitrogens with zero attached hydrogens (tertiary/aromatic N) is 3. The molecule has 0 radical (unpaired) electrons. The van der Waals surface area contributed by atoms with Crippen LogP contribution in [0, 0.1) is 4.77 Å². The van der Waals surface area contributed by atoms with Crippen molar-refractivity contribution in [1.29, 1.82) is 0 Å². The summed E-state index contributed by atoms with van der Waals surface area (Å²) in [6.07, 6.45) is 2.28. The van der Waals surface area contributed by atoms with Crippen molar-refractivity contribution < 1.29 is 19.4 Å². The molecule has 1 heterocycles. The molecule has 0 fully saturated rings. The van der Waals surface area contributed by atoms with Gasteiger partial charge in [-0.05, 0) is 45.8 Å². The lowest BCUT2D eigenvalue weighted by Crippen LogP contribution is -2.10. The Morgan fingerprint density at radius 3 is 2.96 bits per heavy atom. The van der Waals surface area contributed by atoms with E-state index in [0.29, 0.717) is 38.6 Å². The van der Waals surface area contributed by atoms with Crippen LogP contribution in [0.1, 0.15) is 18.3 Å². The number of halogens is 1. The molecular weight excluding hydrogens is 400 g/mol. The summed E-state index contributed by atoms with van der Waals surface area (Å²) in [4.78, 5) is 10.7. The van der Waals surface area contributed by atoms with Crippen LogP contribution < -0.4 is 9.47 Å². The molecule has 0 unspecified atom stereocenters. The molecule has 0 aliphatic heterocycles. The number of ether oxygens (including phenoxy) is 2. The van der Waals surface area contributed by atoms with E-state index in [4.69, 9.17) is 26.8 Å². The summed E-state index contributed by atoms with van der Waals surface area (Å²) < 4.78 is 13.0. The molecule has 0 saturated carbocycles.